The third kappa shape index (κ3) is 1.76. The molecule has 0 atom stereocenters. The van der Waals surface area contributed by atoms with Crippen LogP contribution in [0.15, 0.2) is 55.2 Å². The maximum absolute atomic E-state index is 11.7. The Bertz CT molecular complexity index is 673. The van der Waals surface area contributed by atoms with Gasteiger partial charge in [0.2, 0.25) is 5.91 Å². The van der Waals surface area contributed by atoms with Gasteiger partial charge in [-0.05, 0) is 28.3 Å². The average Bonchev–Trinajstić information content (AvgIpc) is 2.79. The number of nitrogens with zero attached hydrogens (tertiary/aromatic N) is 1. The molecule has 0 saturated carbocycles. The number of carbonyl (C=O) groups is 1. The molecule has 0 aliphatic heterocycles. The third-order valence-corrected chi connectivity index (χ3v) is 3.61. The van der Waals surface area contributed by atoms with Crippen LogP contribution in [0.3, 0.4) is 0 Å². The lowest BCUT2D eigenvalue weighted by Gasteiger charge is -2.19. The van der Waals surface area contributed by atoms with Gasteiger partial charge in [0, 0.05) is 19.5 Å². The van der Waals surface area contributed by atoms with E-state index in [0.717, 1.165) is 12.1 Å². The minimum Gasteiger partial charge on any atom is -0.288 e. The Hall–Kier alpha value is -2.35. The standard InChI is InChI=1S/C17H15NO/c1-3-18(12(2)19)17-10-6-9-15-14-8-5-4-7-13(14)11-16(15)17/h3-10H,1,11H2,2H3. The number of amides is 1. The van der Waals surface area contributed by atoms with Crippen molar-refractivity contribution in [1.29, 1.82) is 0 Å². The van der Waals surface area contributed by atoms with E-state index < -0.39 is 0 Å². The monoisotopic (exact) mass is 249 g/mol. The van der Waals surface area contributed by atoms with Gasteiger partial charge in [-0.1, -0.05) is 43.0 Å². The van der Waals surface area contributed by atoms with Crippen molar-refractivity contribution < 1.29 is 4.79 Å². The predicted octanol–water partition coefficient (Wildman–Crippen LogP) is 3.75. The fraction of sp³-hybridized carbons (Fsp3) is 0.118. The normalized spacial score (nSPS) is 11.6. The number of hydrogen-bond acceptors (Lipinski definition) is 1. The summed E-state index contributed by atoms with van der Waals surface area (Å²) in [7, 11) is 0. The highest BCUT2D eigenvalue weighted by Crippen LogP contribution is 2.41. The summed E-state index contributed by atoms with van der Waals surface area (Å²) in [5, 5.41) is 0. The molecule has 0 bridgehead atoms. The van der Waals surface area contributed by atoms with E-state index in [-0.39, 0.29) is 5.91 Å². The van der Waals surface area contributed by atoms with Crippen molar-refractivity contribution in [3.05, 3.63) is 66.4 Å². The molecule has 0 aromatic heterocycles. The zero-order valence-electron chi connectivity index (χ0n) is 10.9. The Morgan fingerprint density at radius 2 is 1.89 bits per heavy atom. The fourth-order valence-electron chi connectivity index (χ4n) is 2.76. The summed E-state index contributed by atoms with van der Waals surface area (Å²) in [6, 6.07) is 14.5. The van der Waals surface area contributed by atoms with E-state index in [2.05, 4.69) is 36.9 Å². The molecule has 2 heteroatoms. The number of benzene rings is 2. The van der Waals surface area contributed by atoms with E-state index in [9.17, 15) is 4.79 Å². The molecule has 2 nitrogen and oxygen atoms in total. The van der Waals surface area contributed by atoms with Gasteiger partial charge in [0.1, 0.15) is 0 Å². The van der Waals surface area contributed by atoms with Crippen molar-refractivity contribution >= 4 is 11.6 Å². The van der Waals surface area contributed by atoms with Gasteiger partial charge in [-0.2, -0.15) is 0 Å². The zero-order valence-corrected chi connectivity index (χ0v) is 10.9. The molecule has 1 amide bonds. The second-order valence-electron chi connectivity index (χ2n) is 4.71. The summed E-state index contributed by atoms with van der Waals surface area (Å²) < 4.78 is 0. The molecule has 1 aliphatic carbocycles. The van der Waals surface area contributed by atoms with Crippen LogP contribution in [0.4, 0.5) is 5.69 Å². The summed E-state index contributed by atoms with van der Waals surface area (Å²) in [6.07, 6.45) is 2.46. The summed E-state index contributed by atoms with van der Waals surface area (Å²) in [5.41, 5.74) is 5.96. The van der Waals surface area contributed by atoms with E-state index in [1.54, 1.807) is 18.0 Å². The van der Waals surface area contributed by atoms with Crippen LogP contribution in [0.25, 0.3) is 11.1 Å². The smallest absolute Gasteiger partial charge is 0.227 e. The van der Waals surface area contributed by atoms with Crippen molar-refractivity contribution in [2.24, 2.45) is 0 Å². The van der Waals surface area contributed by atoms with Gasteiger partial charge in [0.15, 0.2) is 0 Å². The first-order valence-electron chi connectivity index (χ1n) is 6.35. The lowest BCUT2D eigenvalue weighted by molar-refractivity contribution is -0.116. The van der Waals surface area contributed by atoms with E-state index in [4.69, 9.17) is 0 Å². The highest BCUT2D eigenvalue weighted by Gasteiger charge is 2.23. The van der Waals surface area contributed by atoms with E-state index in [1.165, 1.54) is 22.3 Å². The van der Waals surface area contributed by atoms with Gasteiger partial charge in [-0.15, -0.1) is 0 Å². The quantitative estimate of drug-likeness (QED) is 0.677. The van der Waals surface area contributed by atoms with Crippen molar-refractivity contribution in [1.82, 2.24) is 0 Å². The molecule has 3 rings (SSSR count). The van der Waals surface area contributed by atoms with Gasteiger partial charge >= 0.3 is 0 Å². The van der Waals surface area contributed by atoms with Crippen LogP contribution in [0.5, 0.6) is 0 Å². The number of hydrogen-bond donors (Lipinski definition) is 0. The maximum Gasteiger partial charge on any atom is 0.227 e. The Kier molecular flexibility index (Phi) is 2.71. The van der Waals surface area contributed by atoms with Crippen LogP contribution in [-0.4, -0.2) is 5.91 Å². The highest BCUT2D eigenvalue weighted by atomic mass is 16.2. The molecule has 94 valence electrons. The van der Waals surface area contributed by atoms with Gasteiger partial charge in [0.05, 0.1) is 5.69 Å². The lowest BCUT2D eigenvalue weighted by Crippen LogP contribution is -2.22. The largest absolute Gasteiger partial charge is 0.288 e. The first-order valence-corrected chi connectivity index (χ1v) is 6.35. The molecule has 0 N–H and O–H groups in total. The molecular formula is C17H15NO. The van der Waals surface area contributed by atoms with Crippen LogP contribution in [-0.2, 0) is 11.2 Å². The minimum absolute atomic E-state index is 0.0145. The second kappa shape index (κ2) is 4.39. The van der Waals surface area contributed by atoms with E-state index in [0.29, 0.717) is 0 Å². The number of fused-ring (bicyclic) bond motifs is 3. The Labute approximate surface area is 113 Å². The van der Waals surface area contributed by atoms with Crippen LogP contribution in [0.1, 0.15) is 18.1 Å². The predicted molar refractivity (Wildman–Crippen MR) is 78.0 cm³/mol. The first-order chi connectivity index (χ1) is 9.22. The minimum atomic E-state index is -0.0145. The summed E-state index contributed by atoms with van der Waals surface area (Å²) >= 11 is 0. The molecule has 0 unspecified atom stereocenters. The second-order valence-corrected chi connectivity index (χ2v) is 4.71. The average molecular weight is 249 g/mol. The molecule has 0 heterocycles. The number of carbonyl (C=O) groups excluding carboxylic acids is 1. The maximum atomic E-state index is 11.7. The molecule has 0 saturated heterocycles. The molecule has 0 spiro atoms. The van der Waals surface area contributed by atoms with Crippen molar-refractivity contribution in [3.8, 4) is 11.1 Å². The van der Waals surface area contributed by atoms with Crippen molar-refractivity contribution in [3.63, 3.8) is 0 Å². The summed E-state index contributed by atoms with van der Waals surface area (Å²) in [5.74, 6) is -0.0145. The van der Waals surface area contributed by atoms with Crippen LogP contribution in [0, 0.1) is 0 Å². The summed E-state index contributed by atoms with van der Waals surface area (Å²) in [6.45, 7) is 5.30. The molecule has 2 aromatic rings. The Morgan fingerprint density at radius 3 is 2.63 bits per heavy atom. The highest BCUT2D eigenvalue weighted by molar-refractivity contribution is 5.96. The lowest BCUT2D eigenvalue weighted by atomic mass is 10.0. The van der Waals surface area contributed by atoms with Gasteiger partial charge in [-0.25, -0.2) is 0 Å². The van der Waals surface area contributed by atoms with Gasteiger partial charge in [0.25, 0.3) is 0 Å². The van der Waals surface area contributed by atoms with Gasteiger partial charge in [-0.3, -0.25) is 9.69 Å². The molecule has 0 radical (unpaired) electrons. The molecule has 19 heavy (non-hydrogen) atoms. The van der Waals surface area contributed by atoms with Crippen LogP contribution >= 0.6 is 0 Å². The third-order valence-electron chi connectivity index (χ3n) is 3.61. The number of anilines is 1. The molecule has 2 aromatic carbocycles. The van der Waals surface area contributed by atoms with E-state index >= 15 is 0 Å². The van der Waals surface area contributed by atoms with Gasteiger partial charge < -0.3 is 0 Å². The Morgan fingerprint density at radius 1 is 1.16 bits per heavy atom. The molecule has 0 fully saturated rings. The van der Waals surface area contributed by atoms with E-state index in [1.807, 2.05) is 12.1 Å². The fourth-order valence-corrected chi connectivity index (χ4v) is 2.76. The number of rotatable bonds is 2. The zero-order chi connectivity index (χ0) is 13.4. The van der Waals surface area contributed by atoms with Crippen LogP contribution < -0.4 is 4.90 Å². The SMILES string of the molecule is C=CN(C(C)=O)c1cccc2c1Cc1ccccc1-2. The first kappa shape index (κ1) is 11.7. The van der Waals surface area contributed by atoms with Crippen LogP contribution in [0.2, 0.25) is 0 Å². The van der Waals surface area contributed by atoms with Crippen molar-refractivity contribution in [2.45, 2.75) is 13.3 Å². The summed E-state index contributed by atoms with van der Waals surface area (Å²) in [4.78, 5) is 13.3. The Balaban J connectivity index is 2.18. The van der Waals surface area contributed by atoms with Crippen molar-refractivity contribution in [2.75, 3.05) is 4.90 Å². The molecular weight excluding hydrogens is 234 g/mol. The topological polar surface area (TPSA) is 20.3 Å². The molecule has 1 aliphatic rings.